The molecule has 3 aromatic rings. The highest BCUT2D eigenvalue weighted by Crippen LogP contribution is 2.37. The number of nitrogens with one attached hydrogen (secondary N) is 2. The molecule has 22 heteroatoms. The summed E-state index contributed by atoms with van der Waals surface area (Å²) >= 11 is 0.959. The number of aromatic nitrogens is 3. The van der Waals surface area contributed by atoms with Gasteiger partial charge in [-0.2, -0.15) is 13.5 Å². The van der Waals surface area contributed by atoms with Crippen LogP contribution in [0.4, 0.5) is 11.1 Å². The lowest BCUT2D eigenvalue weighted by molar-refractivity contribution is -0.659. The van der Waals surface area contributed by atoms with E-state index in [-0.39, 0.29) is 30.3 Å². The first kappa shape index (κ1) is 38.2. The number of hydrogen-bond acceptors (Lipinski definition) is 16. The van der Waals surface area contributed by atoms with Crippen LogP contribution in [0.25, 0.3) is 11.1 Å². The number of nitrogens with zero attached hydrogens (tertiary/aromatic N) is 5. The smallest absolute Gasteiger partial charge is 0.418 e. The minimum Gasteiger partial charge on any atom is -0.485 e. The molecule has 52 heavy (non-hydrogen) atoms. The third-order valence-electron chi connectivity index (χ3n) is 8.57. The lowest BCUT2D eigenvalue weighted by atomic mass is 9.84. The van der Waals surface area contributed by atoms with Crippen LogP contribution in [0.5, 0.6) is 5.75 Å². The molecule has 0 radical (unpaired) electrons. The largest absolute Gasteiger partial charge is 0.485 e. The molecule has 20 nitrogen and oxygen atoms in total. The fourth-order valence-corrected chi connectivity index (χ4v) is 6.49. The number of carboxylic acid groups (broad SMARTS) is 1. The number of β-lactam (4-membered cyclic amide) rings is 1. The van der Waals surface area contributed by atoms with E-state index < -0.39 is 63.3 Å². The van der Waals surface area contributed by atoms with E-state index in [0.717, 1.165) is 28.0 Å². The molecule has 2 aromatic heterocycles. The first-order valence-corrected chi connectivity index (χ1v) is 17.9. The molecule has 2 amide bonds. The number of thiazole rings is 1. The van der Waals surface area contributed by atoms with Crippen LogP contribution < -0.4 is 31.4 Å². The maximum Gasteiger partial charge on any atom is 0.418 e. The molecule has 0 spiro atoms. The number of oxime groups is 1. The summed E-state index contributed by atoms with van der Waals surface area (Å²) in [5.74, 6) is -2.52. The number of rotatable bonds is 14. The summed E-state index contributed by atoms with van der Waals surface area (Å²) in [6.07, 6.45) is 2.33. The Balaban J connectivity index is 1.34. The van der Waals surface area contributed by atoms with Crippen LogP contribution in [0.15, 0.2) is 41.1 Å². The second-order valence-corrected chi connectivity index (χ2v) is 14.6. The van der Waals surface area contributed by atoms with E-state index in [1.54, 1.807) is 29.9 Å². The number of aryl methyl sites for hydroxylation is 2. The van der Waals surface area contributed by atoms with Crippen LogP contribution >= 0.6 is 11.3 Å². The van der Waals surface area contributed by atoms with Gasteiger partial charge in [0.1, 0.15) is 23.7 Å². The van der Waals surface area contributed by atoms with Gasteiger partial charge in [0.05, 0.1) is 31.4 Å². The fraction of sp³-hybridized carbons (Fsp3) is 0.433. The van der Waals surface area contributed by atoms with Crippen LogP contribution in [-0.4, -0.2) is 104 Å². The number of anilines is 2. The molecule has 2 aliphatic rings. The number of amides is 2. The minimum absolute atomic E-state index is 0.0513. The monoisotopic (exact) mass is 764 g/mol. The summed E-state index contributed by atoms with van der Waals surface area (Å²) < 4.78 is 43.6. The van der Waals surface area contributed by atoms with Crippen molar-refractivity contribution in [2.75, 3.05) is 24.1 Å². The van der Waals surface area contributed by atoms with Gasteiger partial charge in [-0.25, -0.2) is 14.3 Å². The molecule has 5 rings (SSSR count). The number of nitrogens with two attached hydrogens (primary N) is 2. The average molecular weight is 765 g/mol. The van der Waals surface area contributed by atoms with Crippen molar-refractivity contribution in [2.45, 2.75) is 63.0 Å². The molecule has 0 saturated carbocycles. The summed E-state index contributed by atoms with van der Waals surface area (Å²) in [6, 6.07) is 4.06. The third-order valence-corrected chi connectivity index (χ3v) is 9.58. The highest BCUT2D eigenvalue weighted by Gasteiger charge is 2.58. The van der Waals surface area contributed by atoms with Gasteiger partial charge >= 0.3 is 22.3 Å². The average Bonchev–Trinajstić information content (AvgIpc) is 3.53. The van der Waals surface area contributed by atoms with Gasteiger partial charge in [0, 0.05) is 17.5 Å². The van der Waals surface area contributed by atoms with E-state index in [1.165, 1.54) is 26.2 Å². The van der Waals surface area contributed by atoms with Crippen molar-refractivity contribution in [2.24, 2.45) is 17.9 Å². The molecule has 0 aliphatic carbocycles. The molecule has 1 saturated heterocycles. The van der Waals surface area contributed by atoms with Crippen molar-refractivity contribution < 1.29 is 56.0 Å². The Hall–Kier alpha value is -5.00. The number of fused-ring (bicyclic) bond motifs is 1. The van der Waals surface area contributed by atoms with Gasteiger partial charge in [-0.1, -0.05) is 16.2 Å². The van der Waals surface area contributed by atoms with Gasteiger partial charge in [-0.15, -0.1) is 15.6 Å². The van der Waals surface area contributed by atoms with Gasteiger partial charge < -0.3 is 36.6 Å². The number of carbonyl (C=O) groups excluding carboxylic acids is 2. The van der Waals surface area contributed by atoms with E-state index >= 15 is 0 Å². The van der Waals surface area contributed by atoms with Gasteiger partial charge in [0.15, 0.2) is 16.9 Å². The number of carbonyl (C=O) groups is 3. The van der Waals surface area contributed by atoms with Crippen LogP contribution in [0.1, 0.15) is 38.4 Å². The number of aliphatic hydroxyl groups is 1. The van der Waals surface area contributed by atoms with Crippen molar-refractivity contribution >= 4 is 56.3 Å². The van der Waals surface area contributed by atoms with Crippen molar-refractivity contribution in [1.82, 2.24) is 20.3 Å². The first-order chi connectivity index (χ1) is 24.3. The van der Waals surface area contributed by atoms with E-state index in [4.69, 9.17) is 25.6 Å². The molecule has 4 atom stereocenters. The van der Waals surface area contributed by atoms with Gasteiger partial charge in [0.2, 0.25) is 0 Å². The number of nitrogen functional groups attached to an aromatic ring is 1. The second kappa shape index (κ2) is 14.6. The SMILES string of the molecule is C[n+]1cc(-c2ccc3c(c2)CC[C@H](C(C)(O/N=C(\C(=O)NC2C(=O)N(OS(=O)(=O)O)C2(C)C)c2csc(N)n2)C(=O)O)O3)cnc1NC[C@@H](O)CN. The normalized spacial score (nSPS) is 20.1. The summed E-state index contributed by atoms with van der Waals surface area (Å²) in [6.45, 7) is 4.32. The van der Waals surface area contributed by atoms with Crippen molar-refractivity contribution in [3.63, 3.8) is 0 Å². The summed E-state index contributed by atoms with van der Waals surface area (Å²) in [4.78, 5) is 52.9. The molecule has 280 valence electrons. The second-order valence-electron chi connectivity index (χ2n) is 12.7. The molecule has 9 N–H and O–H groups in total. The Morgan fingerprint density at radius 2 is 2.06 bits per heavy atom. The van der Waals surface area contributed by atoms with Crippen LogP contribution in [-0.2, 0) is 47.4 Å². The van der Waals surface area contributed by atoms with Gasteiger partial charge in [0.25, 0.3) is 17.4 Å². The predicted octanol–water partition coefficient (Wildman–Crippen LogP) is -0.859. The zero-order valence-electron chi connectivity index (χ0n) is 28.3. The Kier molecular flexibility index (Phi) is 10.7. The number of carboxylic acids is 1. The van der Waals surface area contributed by atoms with Crippen LogP contribution in [0.3, 0.4) is 0 Å². The Bertz CT molecular complexity index is 2020. The maximum absolute atomic E-state index is 13.5. The minimum atomic E-state index is -5.04. The van der Waals surface area contributed by atoms with Crippen molar-refractivity contribution in [3.8, 4) is 16.9 Å². The Morgan fingerprint density at radius 3 is 2.65 bits per heavy atom. The van der Waals surface area contributed by atoms with Crippen LogP contribution in [0.2, 0.25) is 0 Å². The van der Waals surface area contributed by atoms with Gasteiger partial charge in [-0.05, 0) is 56.9 Å². The zero-order chi connectivity index (χ0) is 38.2. The molecular weight excluding hydrogens is 727 g/mol. The molecule has 0 bridgehead atoms. The summed E-state index contributed by atoms with van der Waals surface area (Å²) in [7, 11) is -3.24. The fourth-order valence-electron chi connectivity index (χ4n) is 5.49. The highest BCUT2D eigenvalue weighted by molar-refractivity contribution is 7.80. The van der Waals surface area contributed by atoms with E-state index in [1.807, 2.05) is 12.3 Å². The molecular formula is C30H38N9O11S2+. The summed E-state index contributed by atoms with van der Waals surface area (Å²) in [5, 5.41) is 31.2. The van der Waals surface area contributed by atoms with Crippen LogP contribution in [0, 0.1) is 0 Å². The highest BCUT2D eigenvalue weighted by atomic mass is 32.3. The maximum atomic E-state index is 13.5. The summed E-state index contributed by atoms with van der Waals surface area (Å²) in [5.41, 5.74) is 9.46. The number of hydroxylamine groups is 2. The lowest BCUT2D eigenvalue weighted by Gasteiger charge is -2.50. The zero-order valence-corrected chi connectivity index (χ0v) is 30.0. The number of aliphatic carboxylic acids is 1. The number of benzene rings is 1. The van der Waals surface area contributed by atoms with Gasteiger partial charge in [-0.3, -0.25) is 19.5 Å². The number of aliphatic hydroxyl groups excluding tert-OH is 1. The van der Waals surface area contributed by atoms with E-state index in [0.29, 0.717) is 23.2 Å². The molecule has 2 unspecified atom stereocenters. The quantitative estimate of drug-likeness (QED) is 0.0346. The molecule has 4 heterocycles. The predicted molar refractivity (Wildman–Crippen MR) is 183 cm³/mol. The van der Waals surface area contributed by atoms with Crippen molar-refractivity contribution in [1.29, 1.82) is 0 Å². The topological polar surface area (TPSA) is 295 Å². The standard InChI is InChI=1S/C30H37N9O11S2/c1-29(2)23(25(42)39(29)50-52(45,46)47)36-24(41)22(19-14-51-27(32)35-19)37-49-30(3,26(43)44)21-8-6-16-9-15(5-7-20(16)48-21)17-11-33-28(38(4)13-17)34-12-18(40)10-31/h5,7,9,11,13-14,18,21,23,40H,6,8,10,12,31H2,1-4H3,(H5,32,35,36,41,43,44,45,46,47)/p+1/b37-22-/t18-,21+,23?,30?/m0/s1. The Labute approximate surface area is 301 Å². The molecule has 2 aliphatic heterocycles. The van der Waals surface area contributed by atoms with E-state index in [9.17, 15) is 33.0 Å². The first-order valence-electron chi connectivity index (χ1n) is 15.6. The molecule has 1 fully saturated rings. The number of hydrogen-bond donors (Lipinski definition) is 7. The number of ether oxygens (including phenoxy) is 1. The lowest BCUT2D eigenvalue weighted by Crippen LogP contribution is -2.76. The van der Waals surface area contributed by atoms with E-state index in [2.05, 4.69) is 30.0 Å². The molecule has 1 aromatic carbocycles. The Morgan fingerprint density at radius 1 is 1.33 bits per heavy atom. The third kappa shape index (κ3) is 7.90. The van der Waals surface area contributed by atoms with Crippen molar-refractivity contribution in [3.05, 3.63) is 47.2 Å².